The Morgan fingerprint density at radius 2 is 1.73 bits per heavy atom. The number of hydrogen-bond donors (Lipinski definition) is 2. The SMILES string of the molecule is CC(=O)Nc1ccc2c(c1)C(O)(C(F)(F)F)c1ccccc1-2. The lowest BCUT2D eigenvalue weighted by Crippen LogP contribution is -2.41. The van der Waals surface area contributed by atoms with Crippen LogP contribution >= 0.6 is 0 Å². The Hall–Kier alpha value is -2.34. The number of hydrogen-bond acceptors (Lipinski definition) is 2. The Kier molecular flexibility index (Phi) is 3.04. The maximum absolute atomic E-state index is 13.6. The topological polar surface area (TPSA) is 49.3 Å². The molecular weight excluding hydrogens is 295 g/mol. The molecule has 6 heteroatoms. The van der Waals surface area contributed by atoms with E-state index in [1.165, 1.54) is 43.3 Å². The second kappa shape index (κ2) is 4.58. The van der Waals surface area contributed by atoms with Gasteiger partial charge in [0, 0.05) is 23.7 Å². The molecule has 0 aromatic heterocycles. The van der Waals surface area contributed by atoms with Gasteiger partial charge in [0.25, 0.3) is 0 Å². The molecule has 3 nitrogen and oxygen atoms in total. The van der Waals surface area contributed by atoms with Crippen molar-refractivity contribution in [3.05, 3.63) is 53.6 Å². The van der Waals surface area contributed by atoms with Crippen LogP contribution < -0.4 is 5.32 Å². The minimum atomic E-state index is -4.87. The summed E-state index contributed by atoms with van der Waals surface area (Å²) < 4.78 is 40.7. The highest BCUT2D eigenvalue weighted by Gasteiger charge is 2.60. The zero-order valence-corrected chi connectivity index (χ0v) is 11.5. The summed E-state index contributed by atoms with van der Waals surface area (Å²) in [6, 6.07) is 10.0. The van der Waals surface area contributed by atoms with E-state index < -0.39 is 17.7 Å². The molecule has 0 bridgehead atoms. The average Bonchev–Trinajstić information content (AvgIpc) is 2.69. The van der Waals surface area contributed by atoms with Crippen molar-refractivity contribution in [3.63, 3.8) is 0 Å². The van der Waals surface area contributed by atoms with Crippen LogP contribution in [-0.4, -0.2) is 17.2 Å². The first-order valence-electron chi connectivity index (χ1n) is 6.56. The predicted molar refractivity (Wildman–Crippen MR) is 75.2 cm³/mol. The molecule has 2 N–H and O–H groups in total. The van der Waals surface area contributed by atoms with Crippen LogP contribution in [-0.2, 0) is 10.4 Å². The molecule has 0 saturated heterocycles. The summed E-state index contributed by atoms with van der Waals surface area (Å²) in [6.07, 6.45) is -4.87. The van der Waals surface area contributed by atoms with Gasteiger partial charge in [0.05, 0.1) is 0 Å². The molecule has 0 aliphatic heterocycles. The average molecular weight is 307 g/mol. The third kappa shape index (κ3) is 1.91. The van der Waals surface area contributed by atoms with Crippen LogP contribution in [0.3, 0.4) is 0 Å². The fourth-order valence-corrected chi connectivity index (χ4v) is 2.84. The van der Waals surface area contributed by atoms with E-state index in [0.29, 0.717) is 11.1 Å². The molecule has 2 aromatic carbocycles. The molecular formula is C16H12F3NO2. The van der Waals surface area contributed by atoms with E-state index in [2.05, 4.69) is 5.32 Å². The maximum atomic E-state index is 13.6. The summed E-state index contributed by atoms with van der Waals surface area (Å²) >= 11 is 0. The Morgan fingerprint density at radius 1 is 1.09 bits per heavy atom. The van der Waals surface area contributed by atoms with Crippen molar-refractivity contribution in [2.24, 2.45) is 0 Å². The molecule has 22 heavy (non-hydrogen) atoms. The molecule has 0 fully saturated rings. The Balaban J connectivity index is 2.28. The van der Waals surface area contributed by atoms with Gasteiger partial charge in [0.1, 0.15) is 0 Å². The smallest absolute Gasteiger partial charge is 0.372 e. The molecule has 1 unspecified atom stereocenters. The van der Waals surface area contributed by atoms with Gasteiger partial charge in [-0.1, -0.05) is 30.3 Å². The molecule has 1 aliphatic rings. The maximum Gasteiger partial charge on any atom is 0.425 e. The minimum absolute atomic E-state index is 0.197. The number of anilines is 1. The normalized spacial score (nSPS) is 19.5. The fraction of sp³-hybridized carbons (Fsp3) is 0.188. The monoisotopic (exact) mass is 307 g/mol. The van der Waals surface area contributed by atoms with Crippen LogP contribution in [0.5, 0.6) is 0 Å². The van der Waals surface area contributed by atoms with E-state index in [1.807, 2.05) is 0 Å². The second-order valence-corrected chi connectivity index (χ2v) is 5.20. The van der Waals surface area contributed by atoms with Crippen molar-refractivity contribution in [3.8, 4) is 11.1 Å². The lowest BCUT2D eigenvalue weighted by atomic mass is 9.90. The van der Waals surface area contributed by atoms with Crippen LogP contribution in [0.4, 0.5) is 18.9 Å². The number of carbonyl (C=O) groups is 1. The number of aliphatic hydroxyl groups is 1. The third-order valence-corrected chi connectivity index (χ3v) is 3.75. The highest BCUT2D eigenvalue weighted by atomic mass is 19.4. The van der Waals surface area contributed by atoms with Gasteiger partial charge in [-0.15, -0.1) is 0 Å². The van der Waals surface area contributed by atoms with E-state index in [-0.39, 0.29) is 16.8 Å². The number of fused-ring (bicyclic) bond motifs is 3. The Labute approximate surface area is 124 Å². The van der Waals surface area contributed by atoms with Crippen molar-refractivity contribution in [2.45, 2.75) is 18.7 Å². The van der Waals surface area contributed by atoms with Gasteiger partial charge in [-0.05, 0) is 23.3 Å². The minimum Gasteiger partial charge on any atom is -0.372 e. The van der Waals surface area contributed by atoms with Crippen LogP contribution in [0.25, 0.3) is 11.1 Å². The number of amides is 1. The zero-order valence-electron chi connectivity index (χ0n) is 11.5. The van der Waals surface area contributed by atoms with Crippen molar-refractivity contribution >= 4 is 11.6 Å². The van der Waals surface area contributed by atoms with Crippen LogP contribution in [0.15, 0.2) is 42.5 Å². The first kappa shape index (κ1) is 14.6. The summed E-state index contributed by atoms with van der Waals surface area (Å²) in [4.78, 5) is 11.1. The van der Waals surface area contributed by atoms with Gasteiger partial charge in [-0.25, -0.2) is 0 Å². The van der Waals surface area contributed by atoms with Gasteiger partial charge in [-0.2, -0.15) is 13.2 Å². The van der Waals surface area contributed by atoms with Crippen molar-refractivity contribution in [2.75, 3.05) is 5.32 Å². The van der Waals surface area contributed by atoms with Crippen LogP contribution in [0.1, 0.15) is 18.1 Å². The number of benzene rings is 2. The standard InChI is InChI=1S/C16H12F3NO2/c1-9(21)20-10-6-7-12-11-4-2-3-5-13(11)15(22,14(12)8-10)16(17,18)19/h2-8,22H,1H3,(H,20,21). The molecule has 1 aliphatic carbocycles. The van der Waals surface area contributed by atoms with Crippen molar-refractivity contribution in [1.29, 1.82) is 0 Å². The molecule has 2 aromatic rings. The van der Waals surface area contributed by atoms with E-state index in [9.17, 15) is 23.1 Å². The lowest BCUT2D eigenvalue weighted by Gasteiger charge is -2.28. The third-order valence-electron chi connectivity index (χ3n) is 3.75. The Morgan fingerprint density at radius 3 is 2.36 bits per heavy atom. The molecule has 3 rings (SSSR count). The molecule has 114 valence electrons. The van der Waals surface area contributed by atoms with Gasteiger partial charge >= 0.3 is 6.18 Å². The van der Waals surface area contributed by atoms with Crippen LogP contribution in [0, 0.1) is 0 Å². The molecule has 1 amide bonds. The summed E-state index contributed by atoms with van der Waals surface area (Å²) in [5.74, 6) is -0.397. The van der Waals surface area contributed by atoms with E-state index in [1.54, 1.807) is 6.07 Å². The van der Waals surface area contributed by atoms with E-state index in [0.717, 1.165) is 0 Å². The number of nitrogens with one attached hydrogen (secondary N) is 1. The van der Waals surface area contributed by atoms with Gasteiger partial charge in [0.2, 0.25) is 11.5 Å². The predicted octanol–water partition coefficient (Wildman–Crippen LogP) is 3.42. The number of halogens is 3. The summed E-state index contributed by atoms with van der Waals surface area (Å²) in [5, 5.41) is 12.9. The first-order valence-corrected chi connectivity index (χ1v) is 6.56. The van der Waals surface area contributed by atoms with Gasteiger partial charge < -0.3 is 10.4 Å². The molecule has 1 atom stereocenters. The summed E-state index contributed by atoms with van der Waals surface area (Å²) in [7, 11) is 0. The van der Waals surface area contributed by atoms with E-state index in [4.69, 9.17) is 0 Å². The molecule has 0 spiro atoms. The van der Waals surface area contributed by atoms with Crippen LogP contribution in [0.2, 0.25) is 0 Å². The number of rotatable bonds is 1. The molecule has 0 saturated carbocycles. The second-order valence-electron chi connectivity index (χ2n) is 5.20. The van der Waals surface area contributed by atoms with Crippen molar-refractivity contribution in [1.82, 2.24) is 0 Å². The number of carbonyl (C=O) groups excluding carboxylic acids is 1. The molecule has 0 radical (unpaired) electrons. The first-order chi connectivity index (χ1) is 10.2. The highest BCUT2D eigenvalue weighted by Crippen LogP contribution is 2.55. The quantitative estimate of drug-likeness (QED) is 0.848. The highest BCUT2D eigenvalue weighted by molar-refractivity contribution is 5.90. The van der Waals surface area contributed by atoms with Crippen molar-refractivity contribution < 1.29 is 23.1 Å². The Bertz CT molecular complexity index is 770. The summed E-state index contributed by atoms with van der Waals surface area (Å²) in [6.45, 7) is 1.26. The molecule has 0 heterocycles. The fourth-order valence-electron chi connectivity index (χ4n) is 2.84. The largest absolute Gasteiger partial charge is 0.425 e. The summed E-state index contributed by atoms with van der Waals surface area (Å²) in [5.41, 5.74) is -2.68. The zero-order chi connectivity index (χ0) is 16.1. The number of alkyl halides is 3. The van der Waals surface area contributed by atoms with Gasteiger partial charge in [-0.3, -0.25) is 4.79 Å². The van der Waals surface area contributed by atoms with Gasteiger partial charge in [0.15, 0.2) is 0 Å². The lowest BCUT2D eigenvalue weighted by molar-refractivity contribution is -0.246. The van der Waals surface area contributed by atoms with E-state index >= 15 is 0 Å².